The fraction of sp³-hybridized carbons (Fsp3) is 0.312. The van der Waals surface area contributed by atoms with Gasteiger partial charge in [-0.3, -0.25) is 4.98 Å². The Morgan fingerprint density at radius 3 is 2.86 bits per heavy atom. The highest BCUT2D eigenvalue weighted by Gasteiger charge is 2.06. The molecule has 1 aromatic heterocycles. The molecule has 5 heteroatoms. The third-order valence-corrected chi connectivity index (χ3v) is 2.97. The minimum atomic E-state index is 0.105. The maximum atomic E-state index is 8.84. The molecule has 112 valence electrons. The zero-order valence-electron chi connectivity index (χ0n) is 12.1. The Hall–Kier alpha value is -2.11. The Labute approximate surface area is 124 Å². The van der Waals surface area contributed by atoms with E-state index in [9.17, 15) is 0 Å². The van der Waals surface area contributed by atoms with Gasteiger partial charge < -0.3 is 19.9 Å². The van der Waals surface area contributed by atoms with E-state index >= 15 is 0 Å². The predicted molar refractivity (Wildman–Crippen MR) is 80.4 cm³/mol. The number of methoxy groups -OCH3 is 1. The van der Waals surface area contributed by atoms with E-state index in [1.54, 1.807) is 13.3 Å². The number of hydrogen-bond acceptors (Lipinski definition) is 5. The minimum absolute atomic E-state index is 0.105. The molecule has 0 aliphatic heterocycles. The molecule has 2 rings (SSSR count). The fourth-order valence-electron chi connectivity index (χ4n) is 1.90. The standard InChI is InChI=1S/C16H20N2O3/c1-20-15-5-6-16(13(10-15)11-17-8-9-19)21-12-14-4-2-3-7-18-14/h2-7,10,17,19H,8-9,11-12H2,1H3. The number of pyridine rings is 1. The van der Waals surface area contributed by atoms with Gasteiger partial charge in [0, 0.05) is 24.8 Å². The van der Waals surface area contributed by atoms with Crippen molar-refractivity contribution < 1.29 is 14.6 Å². The second-order valence-corrected chi connectivity index (χ2v) is 4.48. The summed E-state index contributed by atoms with van der Waals surface area (Å²) in [7, 11) is 1.63. The second kappa shape index (κ2) is 8.24. The summed E-state index contributed by atoms with van der Waals surface area (Å²) in [5.74, 6) is 1.56. The minimum Gasteiger partial charge on any atom is -0.497 e. The molecule has 0 saturated carbocycles. The highest BCUT2D eigenvalue weighted by atomic mass is 16.5. The summed E-state index contributed by atoms with van der Waals surface area (Å²) in [5, 5.41) is 12.0. The van der Waals surface area contributed by atoms with E-state index in [1.165, 1.54) is 0 Å². The van der Waals surface area contributed by atoms with Crippen LogP contribution in [0.25, 0.3) is 0 Å². The van der Waals surface area contributed by atoms with Gasteiger partial charge in [-0.1, -0.05) is 6.07 Å². The first-order valence-corrected chi connectivity index (χ1v) is 6.84. The third-order valence-electron chi connectivity index (χ3n) is 2.97. The van der Waals surface area contributed by atoms with Crippen molar-refractivity contribution in [3.63, 3.8) is 0 Å². The lowest BCUT2D eigenvalue weighted by Gasteiger charge is -2.13. The summed E-state index contributed by atoms with van der Waals surface area (Å²) in [6.07, 6.45) is 1.75. The molecule has 1 heterocycles. The second-order valence-electron chi connectivity index (χ2n) is 4.48. The van der Waals surface area contributed by atoms with E-state index in [-0.39, 0.29) is 6.61 Å². The van der Waals surface area contributed by atoms with Crippen LogP contribution in [-0.2, 0) is 13.2 Å². The van der Waals surface area contributed by atoms with Gasteiger partial charge in [-0.2, -0.15) is 0 Å². The first kappa shape index (κ1) is 15.3. The lowest BCUT2D eigenvalue weighted by Crippen LogP contribution is -2.18. The number of nitrogens with zero attached hydrogens (tertiary/aromatic N) is 1. The van der Waals surface area contributed by atoms with Crippen molar-refractivity contribution in [1.29, 1.82) is 0 Å². The molecular weight excluding hydrogens is 268 g/mol. The summed E-state index contributed by atoms with van der Waals surface area (Å²) in [4.78, 5) is 4.23. The zero-order chi connectivity index (χ0) is 14.9. The molecule has 0 spiro atoms. The van der Waals surface area contributed by atoms with Gasteiger partial charge in [-0.15, -0.1) is 0 Å². The van der Waals surface area contributed by atoms with Crippen LogP contribution < -0.4 is 14.8 Å². The number of benzene rings is 1. The van der Waals surface area contributed by atoms with E-state index < -0.39 is 0 Å². The van der Waals surface area contributed by atoms with Crippen molar-refractivity contribution in [2.45, 2.75) is 13.2 Å². The molecule has 0 unspecified atom stereocenters. The van der Waals surface area contributed by atoms with Crippen LogP contribution in [0.5, 0.6) is 11.5 Å². The van der Waals surface area contributed by atoms with Gasteiger partial charge in [0.15, 0.2) is 0 Å². The highest BCUT2D eigenvalue weighted by molar-refractivity contribution is 5.40. The predicted octanol–water partition coefficient (Wildman–Crippen LogP) is 1.75. The Morgan fingerprint density at radius 1 is 1.24 bits per heavy atom. The summed E-state index contributed by atoms with van der Waals surface area (Å²) >= 11 is 0. The molecule has 2 N–H and O–H groups in total. The van der Waals surface area contributed by atoms with E-state index in [2.05, 4.69) is 10.3 Å². The van der Waals surface area contributed by atoms with Crippen LogP contribution >= 0.6 is 0 Å². The first-order valence-electron chi connectivity index (χ1n) is 6.84. The van der Waals surface area contributed by atoms with E-state index in [1.807, 2.05) is 36.4 Å². The van der Waals surface area contributed by atoms with Gasteiger partial charge in [-0.05, 0) is 30.3 Å². The van der Waals surface area contributed by atoms with Gasteiger partial charge in [0.05, 0.1) is 19.4 Å². The van der Waals surface area contributed by atoms with Crippen LogP contribution in [-0.4, -0.2) is 30.4 Å². The fourth-order valence-corrected chi connectivity index (χ4v) is 1.90. The molecule has 0 saturated heterocycles. The average Bonchev–Trinajstić information content (AvgIpc) is 2.54. The molecule has 21 heavy (non-hydrogen) atoms. The number of nitrogens with one attached hydrogen (secondary N) is 1. The lowest BCUT2D eigenvalue weighted by atomic mass is 10.2. The van der Waals surface area contributed by atoms with Crippen molar-refractivity contribution in [1.82, 2.24) is 10.3 Å². The number of aliphatic hydroxyl groups is 1. The summed E-state index contributed by atoms with van der Waals surface area (Å²) in [6.45, 7) is 1.67. The van der Waals surface area contributed by atoms with Crippen LogP contribution in [0.4, 0.5) is 0 Å². The maximum absolute atomic E-state index is 8.84. The smallest absolute Gasteiger partial charge is 0.130 e. The van der Waals surface area contributed by atoms with Crippen LogP contribution in [0, 0.1) is 0 Å². The van der Waals surface area contributed by atoms with Crippen molar-refractivity contribution in [2.24, 2.45) is 0 Å². The lowest BCUT2D eigenvalue weighted by molar-refractivity contribution is 0.286. The highest BCUT2D eigenvalue weighted by Crippen LogP contribution is 2.24. The quantitative estimate of drug-likeness (QED) is 0.725. The topological polar surface area (TPSA) is 63.6 Å². The Bertz CT molecular complexity index is 546. The number of rotatable bonds is 8. The number of ether oxygens (including phenoxy) is 2. The van der Waals surface area contributed by atoms with Crippen molar-refractivity contribution >= 4 is 0 Å². The Balaban J connectivity index is 2.05. The van der Waals surface area contributed by atoms with Gasteiger partial charge >= 0.3 is 0 Å². The molecule has 2 aromatic rings. The summed E-state index contributed by atoms with van der Waals surface area (Å²) in [6, 6.07) is 11.4. The maximum Gasteiger partial charge on any atom is 0.130 e. The van der Waals surface area contributed by atoms with Gasteiger partial charge in [0.2, 0.25) is 0 Å². The van der Waals surface area contributed by atoms with Gasteiger partial charge in [0.1, 0.15) is 18.1 Å². The molecule has 0 amide bonds. The van der Waals surface area contributed by atoms with Crippen LogP contribution in [0.2, 0.25) is 0 Å². The molecule has 1 aromatic carbocycles. The van der Waals surface area contributed by atoms with Crippen LogP contribution in [0.15, 0.2) is 42.6 Å². The van der Waals surface area contributed by atoms with Gasteiger partial charge in [-0.25, -0.2) is 0 Å². The SMILES string of the molecule is COc1ccc(OCc2ccccn2)c(CNCCO)c1. The normalized spacial score (nSPS) is 10.4. The van der Waals surface area contributed by atoms with Crippen LogP contribution in [0.1, 0.15) is 11.3 Å². The summed E-state index contributed by atoms with van der Waals surface area (Å²) < 4.78 is 11.1. The molecule has 5 nitrogen and oxygen atoms in total. The average molecular weight is 288 g/mol. The van der Waals surface area contributed by atoms with Gasteiger partial charge in [0.25, 0.3) is 0 Å². The van der Waals surface area contributed by atoms with Crippen molar-refractivity contribution in [3.05, 3.63) is 53.9 Å². The van der Waals surface area contributed by atoms with E-state index in [4.69, 9.17) is 14.6 Å². The molecule has 0 aliphatic carbocycles. The number of hydrogen-bond donors (Lipinski definition) is 2. The molecular formula is C16H20N2O3. The third kappa shape index (κ3) is 4.73. The number of aliphatic hydroxyl groups excluding tert-OH is 1. The molecule has 0 bridgehead atoms. The monoisotopic (exact) mass is 288 g/mol. The Morgan fingerprint density at radius 2 is 2.14 bits per heavy atom. The zero-order valence-corrected chi connectivity index (χ0v) is 12.1. The molecule has 0 fully saturated rings. The summed E-state index contributed by atoms with van der Waals surface area (Å²) in [5.41, 5.74) is 1.86. The number of aromatic nitrogens is 1. The molecule has 0 radical (unpaired) electrons. The van der Waals surface area contributed by atoms with Crippen molar-refractivity contribution in [3.8, 4) is 11.5 Å². The molecule has 0 aliphatic rings. The van der Waals surface area contributed by atoms with Crippen LogP contribution in [0.3, 0.4) is 0 Å². The first-order chi connectivity index (χ1) is 10.3. The largest absolute Gasteiger partial charge is 0.497 e. The Kier molecular flexibility index (Phi) is 5.99. The van der Waals surface area contributed by atoms with E-state index in [0.29, 0.717) is 19.7 Å². The van der Waals surface area contributed by atoms with Crippen molar-refractivity contribution in [2.75, 3.05) is 20.3 Å². The van der Waals surface area contributed by atoms with E-state index in [0.717, 1.165) is 22.8 Å². The molecule has 0 atom stereocenters.